The minimum absolute atomic E-state index is 0.0946. The van der Waals surface area contributed by atoms with Crippen molar-refractivity contribution in [3.63, 3.8) is 0 Å². The highest BCUT2D eigenvalue weighted by atomic mass is 16.5. The Labute approximate surface area is 163 Å². The van der Waals surface area contributed by atoms with Crippen molar-refractivity contribution in [2.75, 3.05) is 23.9 Å². The van der Waals surface area contributed by atoms with E-state index in [0.29, 0.717) is 24.4 Å². The molecule has 1 aliphatic heterocycles. The third kappa shape index (κ3) is 3.45. The highest BCUT2D eigenvalue weighted by Gasteiger charge is 2.24. The summed E-state index contributed by atoms with van der Waals surface area (Å²) in [4.78, 5) is 26.3. The molecule has 1 fully saturated rings. The van der Waals surface area contributed by atoms with Crippen LogP contribution in [0.3, 0.4) is 0 Å². The molecular formula is C22H22N2O4. The topological polar surface area (TPSA) is 71.8 Å². The molecule has 144 valence electrons. The second-order valence-corrected chi connectivity index (χ2v) is 7.02. The lowest BCUT2D eigenvalue weighted by atomic mass is 10.1. The van der Waals surface area contributed by atoms with Crippen LogP contribution >= 0.6 is 0 Å². The van der Waals surface area contributed by atoms with Gasteiger partial charge in [-0.1, -0.05) is 12.1 Å². The van der Waals surface area contributed by atoms with E-state index < -0.39 is 0 Å². The van der Waals surface area contributed by atoms with Crippen LogP contribution in [0.1, 0.15) is 24.0 Å². The first kappa shape index (κ1) is 18.1. The van der Waals surface area contributed by atoms with Crippen molar-refractivity contribution >= 4 is 34.2 Å². The fraction of sp³-hybridized carbons (Fsp3) is 0.273. The maximum absolute atomic E-state index is 12.5. The molecule has 0 unspecified atom stereocenters. The minimum Gasteiger partial charge on any atom is -0.494 e. The lowest BCUT2D eigenvalue weighted by Crippen LogP contribution is -2.24. The molecule has 1 aromatic heterocycles. The van der Waals surface area contributed by atoms with E-state index in [1.54, 1.807) is 30.4 Å². The van der Waals surface area contributed by atoms with E-state index >= 15 is 0 Å². The number of fused-ring (bicyclic) bond motifs is 1. The summed E-state index contributed by atoms with van der Waals surface area (Å²) in [5.41, 5.74) is 4.10. The van der Waals surface area contributed by atoms with Crippen LogP contribution in [-0.4, -0.2) is 25.5 Å². The maximum Gasteiger partial charge on any atom is 0.228 e. The number of carbonyl (C=O) groups excluding carboxylic acids is 2. The van der Waals surface area contributed by atoms with Gasteiger partial charge in [0.05, 0.1) is 25.5 Å². The number of hydrogen-bond donors (Lipinski definition) is 1. The van der Waals surface area contributed by atoms with Crippen molar-refractivity contribution in [1.29, 1.82) is 0 Å². The van der Waals surface area contributed by atoms with E-state index in [4.69, 9.17) is 9.15 Å². The van der Waals surface area contributed by atoms with E-state index in [-0.39, 0.29) is 18.2 Å². The number of ether oxygens (including phenoxy) is 1. The van der Waals surface area contributed by atoms with Gasteiger partial charge in [-0.15, -0.1) is 0 Å². The van der Waals surface area contributed by atoms with Crippen LogP contribution in [0.15, 0.2) is 47.1 Å². The molecule has 0 saturated carbocycles. The van der Waals surface area contributed by atoms with Crippen molar-refractivity contribution in [2.24, 2.45) is 0 Å². The van der Waals surface area contributed by atoms with Gasteiger partial charge in [-0.2, -0.15) is 0 Å². The van der Waals surface area contributed by atoms with Gasteiger partial charge in [0, 0.05) is 35.7 Å². The molecule has 0 aliphatic carbocycles. The lowest BCUT2D eigenvalue weighted by molar-refractivity contribution is -0.117. The van der Waals surface area contributed by atoms with Crippen LogP contribution < -0.4 is 15.0 Å². The summed E-state index contributed by atoms with van der Waals surface area (Å²) in [7, 11) is 1.56. The van der Waals surface area contributed by atoms with E-state index in [0.717, 1.165) is 34.2 Å². The van der Waals surface area contributed by atoms with Crippen molar-refractivity contribution in [3.8, 4) is 5.75 Å². The van der Waals surface area contributed by atoms with E-state index in [1.807, 2.05) is 31.2 Å². The van der Waals surface area contributed by atoms with Crippen LogP contribution in [-0.2, 0) is 16.0 Å². The van der Waals surface area contributed by atoms with Crippen LogP contribution in [0, 0.1) is 6.92 Å². The highest BCUT2D eigenvalue weighted by Crippen LogP contribution is 2.34. The number of amides is 2. The van der Waals surface area contributed by atoms with Crippen LogP contribution in [0.5, 0.6) is 5.75 Å². The van der Waals surface area contributed by atoms with Crippen LogP contribution in [0.4, 0.5) is 11.4 Å². The van der Waals surface area contributed by atoms with Gasteiger partial charge in [-0.25, -0.2) is 0 Å². The van der Waals surface area contributed by atoms with Crippen molar-refractivity contribution in [2.45, 2.75) is 26.2 Å². The van der Waals surface area contributed by atoms with Crippen molar-refractivity contribution < 1.29 is 18.7 Å². The molecule has 2 amide bonds. The maximum atomic E-state index is 12.5. The average molecular weight is 378 g/mol. The molecule has 6 nitrogen and oxygen atoms in total. The molecule has 0 spiro atoms. The van der Waals surface area contributed by atoms with E-state index in [2.05, 4.69) is 5.32 Å². The number of nitrogens with zero attached hydrogens (tertiary/aromatic N) is 1. The molecule has 2 aromatic carbocycles. The zero-order valence-corrected chi connectivity index (χ0v) is 16.0. The van der Waals surface area contributed by atoms with Gasteiger partial charge in [-0.05, 0) is 37.1 Å². The number of carbonyl (C=O) groups is 2. The third-order valence-corrected chi connectivity index (χ3v) is 4.99. The van der Waals surface area contributed by atoms with E-state index in [9.17, 15) is 9.59 Å². The predicted octanol–water partition coefficient (Wildman–Crippen LogP) is 4.06. The molecule has 4 rings (SSSR count). The number of rotatable bonds is 5. The summed E-state index contributed by atoms with van der Waals surface area (Å²) < 4.78 is 11.0. The minimum atomic E-state index is -0.143. The molecule has 1 saturated heterocycles. The number of aryl methyl sites for hydroxylation is 1. The molecule has 1 N–H and O–H groups in total. The first-order valence-electron chi connectivity index (χ1n) is 9.30. The normalized spacial score (nSPS) is 13.9. The monoisotopic (exact) mass is 378 g/mol. The van der Waals surface area contributed by atoms with Gasteiger partial charge in [0.2, 0.25) is 11.8 Å². The Hall–Kier alpha value is -3.28. The lowest BCUT2D eigenvalue weighted by Gasteiger charge is -2.19. The molecule has 1 aliphatic rings. The summed E-state index contributed by atoms with van der Waals surface area (Å²) in [6.07, 6.45) is 3.25. The zero-order valence-electron chi connectivity index (χ0n) is 16.0. The number of nitrogens with one attached hydrogen (secondary N) is 1. The zero-order chi connectivity index (χ0) is 19.7. The number of anilines is 2. The number of methoxy groups -OCH3 is 1. The molecule has 0 bridgehead atoms. The quantitative estimate of drug-likeness (QED) is 0.727. The summed E-state index contributed by atoms with van der Waals surface area (Å²) in [5.74, 6) is 0.518. The second kappa shape index (κ2) is 7.38. The van der Waals surface area contributed by atoms with Crippen molar-refractivity contribution in [1.82, 2.24) is 0 Å². The summed E-state index contributed by atoms with van der Waals surface area (Å²) in [6, 6.07) is 11.3. The van der Waals surface area contributed by atoms with Crippen LogP contribution in [0.2, 0.25) is 0 Å². The Balaban J connectivity index is 1.50. The average Bonchev–Trinajstić information content (AvgIpc) is 3.27. The number of benzene rings is 2. The van der Waals surface area contributed by atoms with Crippen molar-refractivity contribution in [3.05, 3.63) is 53.8 Å². The smallest absolute Gasteiger partial charge is 0.228 e. The molecule has 0 radical (unpaired) electrons. The van der Waals surface area contributed by atoms with Crippen LogP contribution in [0.25, 0.3) is 11.0 Å². The SMILES string of the molecule is COc1cc(NC(=O)Cc2coc3cc(C)ccc23)ccc1N1CCCC1=O. The number of furan rings is 1. The first-order chi connectivity index (χ1) is 13.5. The Morgan fingerprint density at radius 1 is 1.25 bits per heavy atom. The Kier molecular flexibility index (Phi) is 4.77. The molecule has 28 heavy (non-hydrogen) atoms. The Morgan fingerprint density at radius 2 is 2.11 bits per heavy atom. The summed E-state index contributed by atoms with van der Waals surface area (Å²) in [6.45, 7) is 2.69. The predicted molar refractivity (Wildman–Crippen MR) is 108 cm³/mol. The molecular weight excluding hydrogens is 356 g/mol. The largest absolute Gasteiger partial charge is 0.494 e. The fourth-order valence-electron chi connectivity index (χ4n) is 3.59. The summed E-state index contributed by atoms with van der Waals surface area (Å²) in [5, 5.41) is 3.84. The van der Waals surface area contributed by atoms with Gasteiger partial charge >= 0.3 is 0 Å². The molecule has 0 atom stereocenters. The summed E-state index contributed by atoms with van der Waals surface area (Å²) >= 11 is 0. The van der Waals surface area contributed by atoms with Gasteiger partial charge in [0.15, 0.2) is 0 Å². The van der Waals surface area contributed by atoms with Gasteiger partial charge in [-0.3, -0.25) is 9.59 Å². The Bertz CT molecular complexity index is 1050. The Morgan fingerprint density at radius 3 is 2.86 bits per heavy atom. The van der Waals surface area contributed by atoms with E-state index in [1.165, 1.54) is 0 Å². The third-order valence-electron chi connectivity index (χ3n) is 4.99. The number of hydrogen-bond acceptors (Lipinski definition) is 4. The van der Waals surface area contributed by atoms with Gasteiger partial charge in [0.1, 0.15) is 11.3 Å². The van der Waals surface area contributed by atoms with Gasteiger partial charge < -0.3 is 19.4 Å². The standard InChI is InChI=1S/C22H22N2O4/c1-14-5-7-17-15(13-28-19(17)10-14)11-21(25)23-16-6-8-18(20(12-16)27-2)24-9-3-4-22(24)26/h5-8,10,12-13H,3-4,9,11H2,1-2H3,(H,23,25). The highest BCUT2D eigenvalue weighted by molar-refractivity contribution is 5.98. The second-order valence-electron chi connectivity index (χ2n) is 7.02. The molecule has 3 aromatic rings. The first-order valence-corrected chi connectivity index (χ1v) is 9.30. The molecule has 2 heterocycles. The fourth-order valence-corrected chi connectivity index (χ4v) is 3.59. The van der Waals surface area contributed by atoms with Gasteiger partial charge in [0.25, 0.3) is 0 Å². The molecule has 6 heteroatoms.